The molecule has 2 N–H and O–H groups in total. The first-order valence-corrected chi connectivity index (χ1v) is 12.2. The van der Waals surface area contributed by atoms with E-state index in [1.165, 1.54) is 18.8 Å². The molecular formula is C17H23N5O4S3. The van der Waals surface area contributed by atoms with Gasteiger partial charge in [-0.2, -0.15) is 4.31 Å². The van der Waals surface area contributed by atoms with E-state index < -0.39 is 15.9 Å². The fraction of sp³-hybridized carbons (Fsp3) is 0.412. The molecule has 0 atom stereocenters. The first-order chi connectivity index (χ1) is 13.5. The Morgan fingerprint density at radius 3 is 2.31 bits per heavy atom. The summed E-state index contributed by atoms with van der Waals surface area (Å²) in [6.07, 6.45) is 1.02. The van der Waals surface area contributed by atoms with Crippen molar-refractivity contribution in [3.8, 4) is 0 Å². The molecule has 0 aliphatic rings. The Hall–Kier alpha value is -2.02. The molecule has 0 bridgehead atoms. The smallest absolute Gasteiger partial charge is 0.241 e. The SMILES string of the molecule is Cc1cc(C)c(NC(=O)CSc2nnc(NC(=O)CN(C)S(C)(=O)=O)s2)c(C)c1. The average Bonchev–Trinajstić information content (AvgIpc) is 3.02. The average molecular weight is 458 g/mol. The topological polar surface area (TPSA) is 121 Å². The quantitative estimate of drug-likeness (QED) is 0.459. The number of anilines is 2. The minimum Gasteiger partial charge on any atom is -0.325 e. The lowest BCUT2D eigenvalue weighted by Crippen LogP contribution is -2.34. The number of aromatic nitrogens is 2. The molecule has 0 aliphatic heterocycles. The van der Waals surface area contributed by atoms with Crippen LogP contribution in [-0.2, 0) is 19.6 Å². The van der Waals surface area contributed by atoms with Gasteiger partial charge in [0.15, 0.2) is 4.34 Å². The molecule has 0 radical (unpaired) electrons. The number of nitrogens with zero attached hydrogens (tertiary/aromatic N) is 3. The summed E-state index contributed by atoms with van der Waals surface area (Å²) < 4.78 is 24.1. The maximum absolute atomic E-state index is 12.3. The minimum absolute atomic E-state index is 0.145. The molecule has 2 aromatic rings. The molecule has 0 aliphatic carbocycles. The Balaban J connectivity index is 1.87. The molecule has 1 heterocycles. The van der Waals surface area contributed by atoms with E-state index in [4.69, 9.17) is 0 Å². The van der Waals surface area contributed by atoms with Crippen molar-refractivity contribution in [2.45, 2.75) is 25.1 Å². The Bertz CT molecular complexity index is 997. The third-order valence-electron chi connectivity index (χ3n) is 3.85. The van der Waals surface area contributed by atoms with E-state index in [1.807, 2.05) is 32.9 Å². The monoisotopic (exact) mass is 457 g/mol. The Labute approximate surface area is 178 Å². The van der Waals surface area contributed by atoms with Crippen LogP contribution in [0.5, 0.6) is 0 Å². The van der Waals surface area contributed by atoms with Gasteiger partial charge in [0.2, 0.25) is 27.0 Å². The van der Waals surface area contributed by atoms with E-state index in [1.54, 1.807) is 0 Å². The van der Waals surface area contributed by atoms with E-state index in [9.17, 15) is 18.0 Å². The van der Waals surface area contributed by atoms with Gasteiger partial charge in [0.05, 0.1) is 18.6 Å². The summed E-state index contributed by atoms with van der Waals surface area (Å²) in [7, 11) is -2.13. The zero-order valence-electron chi connectivity index (χ0n) is 16.8. The number of carbonyl (C=O) groups is 2. The van der Waals surface area contributed by atoms with Gasteiger partial charge in [-0.3, -0.25) is 14.9 Å². The number of aryl methyl sites for hydroxylation is 3. The highest BCUT2D eigenvalue weighted by atomic mass is 32.2. The minimum atomic E-state index is -3.45. The summed E-state index contributed by atoms with van der Waals surface area (Å²) >= 11 is 2.32. The highest BCUT2D eigenvalue weighted by Gasteiger charge is 2.17. The van der Waals surface area contributed by atoms with Crippen molar-refractivity contribution in [2.24, 2.45) is 0 Å². The van der Waals surface area contributed by atoms with Crippen molar-refractivity contribution in [3.05, 3.63) is 28.8 Å². The maximum atomic E-state index is 12.3. The maximum Gasteiger partial charge on any atom is 0.241 e. The second kappa shape index (κ2) is 9.65. The number of sulfonamides is 1. The number of amides is 2. The van der Waals surface area contributed by atoms with Crippen LogP contribution in [0.4, 0.5) is 10.8 Å². The summed E-state index contributed by atoms with van der Waals surface area (Å²) in [6, 6.07) is 4.02. The van der Waals surface area contributed by atoms with E-state index in [2.05, 4.69) is 20.8 Å². The molecule has 29 heavy (non-hydrogen) atoms. The van der Waals surface area contributed by atoms with Crippen LogP contribution < -0.4 is 10.6 Å². The number of hydrogen-bond acceptors (Lipinski definition) is 8. The van der Waals surface area contributed by atoms with Crippen LogP contribution in [0.25, 0.3) is 0 Å². The second-order valence-electron chi connectivity index (χ2n) is 6.55. The van der Waals surface area contributed by atoms with Crippen LogP contribution in [0.3, 0.4) is 0 Å². The highest BCUT2D eigenvalue weighted by molar-refractivity contribution is 8.01. The Kier molecular flexibility index (Phi) is 7.74. The number of nitrogens with one attached hydrogen (secondary N) is 2. The number of likely N-dealkylation sites (N-methyl/N-ethyl adjacent to an activating group) is 1. The summed E-state index contributed by atoms with van der Waals surface area (Å²) in [5.41, 5.74) is 3.95. The standard InChI is InChI=1S/C17H23N5O4S3/c1-10-6-11(2)15(12(3)7-10)18-14(24)9-27-17-21-20-16(28-17)19-13(23)8-22(4)29(5,25)26/h6-7H,8-9H2,1-5H3,(H,18,24)(H,19,20,23). The lowest BCUT2D eigenvalue weighted by Gasteiger charge is -2.12. The first-order valence-electron chi connectivity index (χ1n) is 8.51. The molecule has 0 unspecified atom stereocenters. The predicted molar refractivity (Wildman–Crippen MR) is 116 cm³/mol. The first kappa shape index (κ1) is 23.3. The third kappa shape index (κ3) is 7.07. The second-order valence-corrected chi connectivity index (χ2v) is 10.8. The molecule has 0 saturated carbocycles. The van der Waals surface area contributed by atoms with Crippen molar-refractivity contribution >= 4 is 55.8 Å². The molecule has 0 spiro atoms. The zero-order chi connectivity index (χ0) is 21.8. The van der Waals surface area contributed by atoms with E-state index in [0.29, 0.717) is 4.34 Å². The van der Waals surface area contributed by atoms with Crippen LogP contribution in [-0.4, -0.2) is 60.3 Å². The third-order valence-corrected chi connectivity index (χ3v) is 7.09. The molecule has 1 aromatic heterocycles. The molecule has 2 rings (SSSR count). The number of hydrogen-bond donors (Lipinski definition) is 2. The Morgan fingerprint density at radius 2 is 1.72 bits per heavy atom. The fourth-order valence-corrected chi connectivity index (χ4v) is 4.40. The van der Waals surface area contributed by atoms with Crippen LogP contribution in [0.1, 0.15) is 16.7 Å². The molecule has 12 heteroatoms. The van der Waals surface area contributed by atoms with Gasteiger partial charge < -0.3 is 5.32 Å². The summed E-state index contributed by atoms with van der Waals surface area (Å²) in [5, 5.41) is 13.4. The number of carbonyl (C=O) groups excluding carboxylic acids is 2. The van der Waals surface area contributed by atoms with Crippen LogP contribution in [0, 0.1) is 20.8 Å². The van der Waals surface area contributed by atoms with Crippen LogP contribution in [0.2, 0.25) is 0 Å². The molecule has 0 saturated heterocycles. The van der Waals surface area contributed by atoms with Crippen molar-refractivity contribution in [1.29, 1.82) is 0 Å². The summed E-state index contributed by atoms with van der Waals surface area (Å²) in [4.78, 5) is 24.2. The normalized spacial score (nSPS) is 11.5. The van der Waals surface area contributed by atoms with E-state index >= 15 is 0 Å². The summed E-state index contributed by atoms with van der Waals surface area (Å²) in [5.74, 6) is -0.541. The van der Waals surface area contributed by atoms with Crippen LogP contribution in [0.15, 0.2) is 16.5 Å². The molecule has 158 valence electrons. The zero-order valence-corrected chi connectivity index (χ0v) is 19.2. The predicted octanol–water partition coefficient (Wildman–Crippen LogP) is 2.02. The van der Waals surface area contributed by atoms with Crippen molar-refractivity contribution in [2.75, 3.05) is 36.2 Å². The molecule has 1 aromatic carbocycles. The Morgan fingerprint density at radius 1 is 1.10 bits per heavy atom. The van der Waals surface area contributed by atoms with Crippen LogP contribution >= 0.6 is 23.1 Å². The summed E-state index contributed by atoms with van der Waals surface area (Å²) in [6.45, 7) is 5.58. The van der Waals surface area contributed by atoms with E-state index in [0.717, 1.165) is 44.3 Å². The van der Waals surface area contributed by atoms with Gasteiger partial charge in [0.1, 0.15) is 0 Å². The van der Waals surface area contributed by atoms with Gasteiger partial charge >= 0.3 is 0 Å². The van der Waals surface area contributed by atoms with Crippen molar-refractivity contribution in [3.63, 3.8) is 0 Å². The number of benzene rings is 1. The van der Waals surface area contributed by atoms with Crippen molar-refractivity contribution < 1.29 is 18.0 Å². The van der Waals surface area contributed by atoms with E-state index in [-0.39, 0.29) is 23.3 Å². The molecule has 9 nitrogen and oxygen atoms in total. The molecule has 2 amide bonds. The lowest BCUT2D eigenvalue weighted by molar-refractivity contribution is -0.116. The number of thioether (sulfide) groups is 1. The van der Waals surface area contributed by atoms with Gasteiger partial charge in [-0.1, -0.05) is 40.8 Å². The molecule has 0 fully saturated rings. The lowest BCUT2D eigenvalue weighted by atomic mass is 10.1. The van der Waals surface area contributed by atoms with Gasteiger partial charge in [-0.15, -0.1) is 10.2 Å². The van der Waals surface area contributed by atoms with Crippen molar-refractivity contribution in [1.82, 2.24) is 14.5 Å². The number of rotatable bonds is 8. The van der Waals surface area contributed by atoms with Gasteiger partial charge in [0.25, 0.3) is 0 Å². The highest BCUT2D eigenvalue weighted by Crippen LogP contribution is 2.26. The van der Waals surface area contributed by atoms with Gasteiger partial charge in [0, 0.05) is 12.7 Å². The molecular weight excluding hydrogens is 434 g/mol. The van der Waals surface area contributed by atoms with Gasteiger partial charge in [-0.05, 0) is 31.9 Å². The fourth-order valence-electron chi connectivity index (χ4n) is 2.48. The largest absolute Gasteiger partial charge is 0.325 e. The van der Waals surface area contributed by atoms with Gasteiger partial charge in [-0.25, -0.2) is 8.42 Å².